The molecule has 0 aliphatic heterocycles. The number of hydrogen-bond acceptors (Lipinski definition) is 4. The number of aromatic nitrogens is 1. The number of nitrogens with zero attached hydrogens (tertiary/aromatic N) is 1. The number of halogens is 1. The molecule has 1 heterocycles. The Bertz CT molecular complexity index is 858. The van der Waals surface area contributed by atoms with Crippen LogP contribution in [-0.2, 0) is 5.60 Å². The molecule has 1 unspecified atom stereocenters. The quantitative estimate of drug-likeness (QED) is 0.732. The van der Waals surface area contributed by atoms with Crippen LogP contribution in [0, 0.1) is 0 Å². The molecular formula is C19H17ClN2O3. The summed E-state index contributed by atoms with van der Waals surface area (Å²) in [5, 5.41) is 17.6. The second-order valence-electron chi connectivity index (χ2n) is 5.91. The number of amides is 1. The summed E-state index contributed by atoms with van der Waals surface area (Å²) in [4.78, 5) is 12.3. The first kappa shape index (κ1) is 17.2. The van der Waals surface area contributed by atoms with Crippen LogP contribution in [0.4, 0.5) is 0 Å². The molecule has 25 heavy (non-hydrogen) atoms. The highest BCUT2D eigenvalue weighted by Gasteiger charge is 2.25. The molecular weight excluding hydrogens is 340 g/mol. The summed E-state index contributed by atoms with van der Waals surface area (Å²) in [5.41, 5.74) is 0.419. The van der Waals surface area contributed by atoms with Crippen molar-refractivity contribution in [3.05, 3.63) is 76.9 Å². The van der Waals surface area contributed by atoms with Gasteiger partial charge in [-0.1, -0.05) is 59.2 Å². The first-order chi connectivity index (χ1) is 12.0. The number of carbonyl (C=O) groups excluding carboxylic acids is 1. The Morgan fingerprint density at radius 2 is 1.88 bits per heavy atom. The molecule has 1 amide bonds. The predicted octanol–water partition coefficient (Wildman–Crippen LogP) is 3.63. The third-order valence-electron chi connectivity index (χ3n) is 3.86. The van der Waals surface area contributed by atoms with E-state index < -0.39 is 11.5 Å². The van der Waals surface area contributed by atoms with E-state index >= 15 is 0 Å². The van der Waals surface area contributed by atoms with Crippen molar-refractivity contribution in [3.8, 4) is 11.3 Å². The fraction of sp³-hybridized carbons (Fsp3) is 0.158. The molecule has 0 bridgehead atoms. The zero-order chi connectivity index (χ0) is 17.9. The van der Waals surface area contributed by atoms with Crippen molar-refractivity contribution in [1.82, 2.24) is 10.5 Å². The van der Waals surface area contributed by atoms with E-state index in [1.54, 1.807) is 37.3 Å². The highest BCUT2D eigenvalue weighted by atomic mass is 35.5. The summed E-state index contributed by atoms with van der Waals surface area (Å²) >= 11 is 5.85. The molecule has 0 spiro atoms. The SMILES string of the molecule is CC(O)(CNC(=O)c1cc(-c2ccccc2)on1)c1ccc(Cl)cc1. The Kier molecular flexibility index (Phi) is 4.88. The molecule has 0 radical (unpaired) electrons. The summed E-state index contributed by atoms with van der Waals surface area (Å²) in [6, 6.07) is 17.8. The summed E-state index contributed by atoms with van der Waals surface area (Å²) < 4.78 is 5.21. The molecule has 0 aliphatic rings. The first-order valence-electron chi connectivity index (χ1n) is 7.74. The number of hydrogen-bond donors (Lipinski definition) is 2. The van der Waals surface area contributed by atoms with Gasteiger partial charge in [0, 0.05) is 16.7 Å². The highest BCUT2D eigenvalue weighted by Crippen LogP contribution is 2.22. The first-order valence-corrected chi connectivity index (χ1v) is 8.12. The Morgan fingerprint density at radius 3 is 2.56 bits per heavy atom. The lowest BCUT2D eigenvalue weighted by atomic mass is 9.96. The van der Waals surface area contributed by atoms with Crippen LogP contribution in [-0.4, -0.2) is 22.7 Å². The van der Waals surface area contributed by atoms with Gasteiger partial charge in [0.15, 0.2) is 11.5 Å². The van der Waals surface area contributed by atoms with Crippen molar-refractivity contribution in [2.45, 2.75) is 12.5 Å². The third-order valence-corrected chi connectivity index (χ3v) is 4.11. The van der Waals surface area contributed by atoms with Crippen LogP contribution in [0.3, 0.4) is 0 Å². The average molecular weight is 357 g/mol. The Balaban J connectivity index is 1.66. The summed E-state index contributed by atoms with van der Waals surface area (Å²) in [6.07, 6.45) is 0. The van der Waals surface area contributed by atoms with E-state index in [1.165, 1.54) is 0 Å². The smallest absolute Gasteiger partial charge is 0.273 e. The maximum atomic E-state index is 12.3. The van der Waals surface area contributed by atoms with Crippen LogP contribution in [0.25, 0.3) is 11.3 Å². The van der Waals surface area contributed by atoms with Gasteiger partial charge in [-0.3, -0.25) is 4.79 Å². The fourth-order valence-electron chi connectivity index (χ4n) is 2.37. The Hall–Kier alpha value is -2.63. The molecule has 5 nitrogen and oxygen atoms in total. The third kappa shape index (κ3) is 4.07. The molecule has 2 N–H and O–H groups in total. The molecule has 128 valence electrons. The minimum Gasteiger partial charge on any atom is -0.384 e. The van der Waals surface area contributed by atoms with Gasteiger partial charge in [-0.2, -0.15) is 0 Å². The zero-order valence-corrected chi connectivity index (χ0v) is 14.3. The molecule has 3 rings (SSSR count). The van der Waals surface area contributed by atoms with Crippen LogP contribution < -0.4 is 5.32 Å². The van der Waals surface area contributed by atoms with E-state index in [9.17, 15) is 9.90 Å². The number of benzene rings is 2. The summed E-state index contributed by atoms with van der Waals surface area (Å²) in [6.45, 7) is 1.65. The Labute approximate surface area is 150 Å². The second-order valence-corrected chi connectivity index (χ2v) is 6.34. The van der Waals surface area contributed by atoms with Crippen molar-refractivity contribution in [1.29, 1.82) is 0 Å². The van der Waals surface area contributed by atoms with Crippen molar-refractivity contribution >= 4 is 17.5 Å². The molecule has 6 heteroatoms. The fourth-order valence-corrected chi connectivity index (χ4v) is 2.50. The van der Waals surface area contributed by atoms with Crippen molar-refractivity contribution in [2.24, 2.45) is 0 Å². The normalized spacial score (nSPS) is 13.2. The lowest BCUT2D eigenvalue weighted by molar-refractivity contribution is 0.0524. The standard InChI is InChI=1S/C19H17ClN2O3/c1-19(24,14-7-9-15(20)10-8-14)12-21-18(23)16-11-17(25-22-16)13-5-3-2-4-6-13/h2-11,24H,12H2,1H3,(H,21,23). The van der Waals surface area contributed by atoms with E-state index in [1.807, 2.05) is 30.3 Å². The summed E-state index contributed by atoms with van der Waals surface area (Å²) in [7, 11) is 0. The molecule has 0 saturated heterocycles. The number of rotatable bonds is 5. The van der Waals surface area contributed by atoms with Gasteiger partial charge in [0.2, 0.25) is 0 Å². The molecule has 1 atom stereocenters. The monoisotopic (exact) mass is 356 g/mol. The van der Waals surface area contributed by atoms with E-state index in [0.717, 1.165) is 5.56 Å². The molecule has 1 aromatic heterocycles. The zero-order valence-electron chi connectivity index (χ0n) is 13.6. The number of nitrogens with one attached hydrogen (secondary N) is 1. The number of carbonyl (C=O) groups is 1. The van der Waals surface area contributed by atoms with Crippen molar-refractivity contribution in [2.75, 3.05) is 6.54 Å². The van der Waals surface area contributed by atoms with Crippen LogP contribution in [0.5, 0.6) is 0 Å². The van der Waals surface area contributed by atoms with Gasteiger partial charge < -0.3 is 14.9 Å². The van der Waals surface area contributed by atoms with Crippen LogP contribution in [0.15, 0.2) is 65.2 Å². The van der Waals surface area contributed by atoms with Gasteiger partial charge in [-0.25, -0.2) is 0 Å². The van der Waals surface area contributed by atoms with Crippen LogP contribution >= 0.6 is 11.6 Å². The van der Waals surface area contributed by atoms with Gasteiger partial charge in [0.25, 0.3) is 5.91 Å². The largest absolute Gasteiger partial charge is 0.384 e. The second kappa shape index (κ2) is 7.09. The molecule has 0 fully saturated rings. The lowest BCUT2D eigenvalue weighted by Gasteiger charge is -2.24. The Morgan fingerprint density at radius 1 is 1.20 bits per heavy atom. The molecule has 2 aromatic carbocycles. The minimum atomic E-state index is -1.23. The van der Waals surface area contributed by atoms with E-state index in [-0.39, 0.29) is 12.2 Å². The van der Waals surface area contributed by atoms with Gasteiger partial charge >= 0.3 is 0 Å². The van der Waals surface area contributed by atoms with Crippen molar-refractivity contribution < 1.29 is 14.4 Å². The van der Waals surface area contributed by atoms with Gasteiger partial charge in [-0.15, -0.1) is 0 Å². The topological polar surface area (TPSA) is 75.4 Å². The van der Waals surface area contributed by atoms with E-state index in [2.05, 4.69) is 10.5 Å². The molecule has 0 aliphatic carbocycles. The summed E-state index contributed by atoms with van der Waals surface area (Å²) in [5.74, 6) is 0.0929. The predicted molar refractivity (Wildman–Crippen MR) is 95.3 cm³/mol. The average Bonchev–Trinajstić information content (AvgIpc) is 3.11. The van der Waals surface area contributed by atoms with Gasteiger partial charge in [-0.05, 0) is 24.6 Å². The van der Waals surface area contributed by atoms with Crippen molar-refractivity contribution in [3.63, 3.8) is 0 Å². The van der Waals surface area contributed by atoms with Crippen LogP contribution in [0.2, 0.25) is 5.02 Å². The van der Waals surface area contributed by atoms with E-state index in [0.29, 0.717) is 16.3 Å². The lowest BCUT2D eigenvalue weighted by Crippen LogP contribution is -2.38. The van der Waals surface area contributed by atoms with Crippen LogP contribution in [0.1, 0.15) is 23.0 Å². The van der Waals surface area contributed by atoms with Gasteiger partial charge in [0.05, 0.1) is 6.54 Å². The molecule has 0 saturated carbocycles. The minimum absolute atomic E-state index is 0.0288. The van der Waals surface area contributed by atoms with E-state index in [4.69, 9.17) is 16.1 Å². The molecule has 3 aromatic rings. The highest BCUT2D eigenvalue weighted by molar-refractivity contribution is 6.30. The maximum absolute atomic E-state index is 12.3. The van der Waals surface area contributed by atoms with Gasteiger partial charge in [0.1, 0.15) is 5.60 Å². The maximum Gasteiger partial charge on any atom is 0.273 e. The number of aliphatic hydroxyl groups is 1.